The molecule has 254 valence electrons. The molecular formula is C36H44FN7O4. The molecule has 1 saturated heterocycles. The molecule has 0 bridgehead atoms. The van der Waals surface area contributed by atoms with Gasteiger partial charge in [0.25, 0.3) is 0 Å². The summed E-state index contributed by atoms with van der Waals surface area (Å²) in [6.07, 6.45) is 10.2. The van der Waals surface area contributed by atoms with Crippen molar-refractivity contribution < 1.29 is 18.7 Å². The number of rotatable bonds is 13. The zero-order valence-corrected chi connectivity index (χ0v) is 27.9. The highest BCUT2D eigenvalue weighted by molar-refractivity contribution is 5.92. The normalized spacial score (nSPS) is 17.4. The minimum atomic E-state index is -0.494. The van der Waals surface area contributed by atoms with E-state index in [1.807, 2.05) is 55.5 Å². The van der Waals surface area contributed by atoms with E-state index in [0.29, 0.717) is 72.3 Å². The number of nitrogen functional groups attached to an aromatic ring is 1. The van der Waals surface area contributed by atoms with E-state index in [0.717, 1.165) is 56.3 Å². The molecule has 2 unspecified atom stereocenters. The van der Waals surface area contributed by atoms with Crippen LogP contribution in [0, 0.1) is 5.82 Å². The molecule has 3 aromatic heterocycles. The predicted molar refractivity (Wildman–Crippen MR) is 185 cm³/mol. The van der Waals surface area contributed by atoms with Crippen molar-refractivity contribution >= 4 is 34.4 Å². The van der Waals surface area contributed by atoms with Crippen LogP contribution in [0.15, 0.2) is 53.7 Å². The van der Waals surface area contributed by atoms with E-state index in [4.69, 9.17) is 15.2 Å². The SMILES string of the molecule is COc1cc(CN(Cc2cn3c4c(c(N(C)CCCCC=O)c(F)cc4c2=O)OCC3C)C2CCCN(c3ccc(N)nc3)C2)ccn1. The average Bonchev–Trinajstić information content (AvgIpc) is 3.09. The minimum absolute atomic E-state index is 0.0587. The van der Waals surface area contributed by atoms with Gasteiger partial charge in [-0.25, -0.2) is 14.4 Å². The molecule has 1 aromatic carbocycles. The van der Waals surface area contributed by atoms with Gasteiger partial charge in [0.05, 0.1) is 35.9 Å². The number of hydrogen-bond acceptors (Lipinski definition) is 10. The largest absolute Gasteiger partial charge is 0.487 e. The molecule has 0 aliphatic carbocycles. The Labute approximate surface area is 280 Å². The third-order valence-electron chi connectivity index (χ3n) is 9.48. The van der Waals surface area contributed by atoms with Gasteiger partial charge in [-0.05, 0) is 62.4 Å². The van der Waals surface area contributed by atoms with Crippen LogP contribution in [0.2, 0.25) is 0 Å². The van der Waals surface area contributed by atoms with Crippen molar-refractivity contribution in [1.29, 1.82) is 0 Å². The Morgan fingerprint density at radius 1 is 1.19 bits per heavy atom. The fraction of sp³-hybridized carbons (Fsp3) is 0.444. The number of aldehydes is 1. The van der Waals surface area contributed by atoms with Crippen LogP contribution < -0.4 is 30.4 Å². The number of aromatic nitrogens is 3. The molecule has 4 aromatic rings. The number of anilines is 3. The summed E-state index contributed by atoms with van der Waals surface area (Å²) < 4.78 is 29.6. The molecule has 2 N–H and O–H groups in total. The Balaban J connectivity index is 1.37. The highest BCUT2D eigenvalue weighted by Crippen LogP contribution is 2.41. The third-order valence-corrected chi connectivity index (χ3v) is 9.48. The molecule has 48 heavy (non-hydrogen) atoms. The average molecular weight is 658 g/mol. The third kappa shape index (κ3) is 6.94. The van der Waals surface area contributed by atoms with E-state index in [1.54, 1.807) is 13.3 Å². The first-order chi connectivity index (χ1) is 23.3. The summed E-state index contributed by atoms with van der Waals surface area (Å²) in [7, 11) is 3.42. The summed E-state index contributed by atoms with van der Waals surface area (Å²) in [6.45, 7) is 5.55. The molecule has 0 amide bonds. The van der Waals surface area contributed by atoms with E-state index in [9.17, 15) is 9.59 Å². The van der Waals surface area contributed by atoms with E-state index in [-0.39, 0.29) is 17.5 Å². The van der Waals surface area contributed by atoms with E-state index >= 15 is 4.39 Å². The second kappa shape index (κ2) is 14.6. The molecule has 1 fully saturated rings. The van der Waals surface area contributed by atoms with Gasteiger partial charge in [-0.2, -0.15) is 0 Å². The van der Waals surface area contributed by atoms with Gasteiger partial charge in [0, 0.05) is 76.3 Å². The lowest BCUT2D eigenvalue weighted by molar-refractivity contribution is -0.107. The van der Waals surface area contributed by atoms with Crippen molar-refractivity contribution in [2.75, 3.05) is 55.9 Å². The molecule has 2 atom stereocenters. The number of benzene rings is 1. The second-order valence-electron chi connectivity index (χ2n) is 12.9. The van der Waals surface area contributed by atoms with Crippen LogP contribution in [0.25, 0.3) is 10.9 Å². The molecular weight excluding hydrogens is 613 g/mol. The highest BCUT2D eigenvalue weighted by Gasteiger charge is 2.31. The fourth-order valence-corrected chi connectivity index (χ4v) is 6.92. The van der Waals surface area contributed by atoms with Gasteiger partial charge in [0.2, 0.25) is 5.88 Å². The zero-order chi connectivity index (χ0) is 33.8. The summed E-state index contributed by atoms with van der Waals surface area (Å²) in [5, 5.41) is 0.313. The first-order valence-electron chi connectivity index (χ1n) is 16.6. The lowest BCUT2D eigenvalue weighted by Crippen LogP contribution is -2.48. The first-order valence-corrected chi connectivity index (χ1v) is 16.6. The summed E-state index contributed by atoms with van der Waals surface area (Å²) in [5.74, 6) is 0.910. The number of carbonyl (C=O) groups excluding carboxylic acids is 1. The lowest BCUT2D eigenvalue weighted by atomic mass is 10.0. The van der Waals surface area contributed by atoms with Crippen LogP contribution in [-0.2, 0) is 17.9 Å². The Morgan fingerprint density at radius 3 is 2.81 bits per heavy atom. The topological polar surface area (TPSA) is 119 Å². The van der Waals surface area contributed by atoms with Crippen molar-refractivity contribution in [3.63, 3.8) is 0 Å². The number of unbranched alkanes of at least 4 members (excludes halogenated alkanes) is 2. The standard InChI is InChI=1S/C36H44FN7O4/c1-24-23-48-36-33-29(17-30(37)34(36)41(2)13-5-4-6-15-45)35(46)26(21-44(24)33)20-43(19-25-11-12-39-32(16-25)47-3)28-8-7-14-42(22-28)27-9-10-31(38)40-18-27/h9-12,15-18,21,24,28H,4-8,13-14,19-20,22-23H2,1-3H3,(H2,38,40). The zero-order valence-electron chi connectivity index (χ0n) is 27.9. The van der Waals surface area contributed by atoms with E-state index in [2.05, 4.69) is 24.3 Å². The number of halogens is 1. The number of hydrogen-bond donors (Lipinski definition) is 1. The Kier molecular flexibility index (Phi) is 10.1. The van der Waals surface area contributed by atoms with E-state index < -0.39 is 5.82 Å². The monoisotopic (exact) mass is 657 g/mol. The lowest BCUT2D eigenvalue weighted by Gasteiger charge is -2.40. The number of methoxy groups -OCH3 is 1. The number of carbonyl (C=O) groups is 1. The van der Waals surface area contributed by atoms with Crippen LogP contribution in [0.3, 0.4) is 0 Å². The minimum Gasteiger partial charge on any atom is -0.487 e. The molecule has 0 saturated carbocycles. The number of nitrogens with two attached hydrogens (primary N) is 1. The van der Waals surface area contributed by atoms with Gasteiger partial charge in [0.1, 0.15) is 24.4 Å². The summed E-state index contributed by atoms with van der Waals surface area (Å²) in [6, 6.07) is 9.13. The highest BCUT2D eigenvalue weighted by atomic mass is 19.1. The second-order valence-corrected chi connectivity index (χ2v) is 12.9. The Bertz CT molecular complexity index is 1820. The molecule has 12 heteroatoms. The number of nitrogens with zero attached hydrogens (tertiary/aromatic N) is 6. The molecule has 0 spiro atoms. The smallest absolute Gasteiger partial charge is 0.213 e. The van der Waals surface area contributed by atoms with Crippen LogP contribution >= 0.6 is 0 Å². The molecule has 6 rings (SSSR count). The number of piperidine rings is 1. The van der Waals surface area contributed by atoms with Crippen molar-refractivity contribution in [2.24, 2.45) is 0 Å². The van der Waals surface area contributed by atoms with Crippen LogP contribution in [-0.4, -0.2) is 72.2 Å². The summed E-state index contributed by atoms with van der Waals surface area (Å²) in [5.41, 5.74) is 9.25. The fourth-order valence-electron chi connectivity index (χ4n) is 6.92. The van der Waals surface area contributed by atoms with Crippen molar-refractivity contribution in [3.8, 4) is 11.6 Å². The summed E-state index contributed by atoms with van der Waals surface area (Å²) in [4.78, 5) is 40.1. The van der Waals surface area contributed by atoms with E-state index in [1.165, 1.54) is 6.07 Å². The summed E-state index contributed by atoms with van der Waals surface area (Å²) >= 11 is 0. The number of pyridine rings is 3. The molecule has 5 heterocycles. The van der Waals surface area contributed by atoms with Gasteiger partial charge in [-0.15, -0.1) is 0 Å². The van der Waals surface area contributed by atoms with Gasteiger partial charge in [0.15, 0.2) is 17.0 Å². The maximum atomic E-state index is 15.9. The van der Waals surface area contributed by atoms with Crippen molar-refractivity contribution in [3.05, 3.63) is 76.1 Å². The predicted octanol–water partition coefficient (Wildman–Crippen LogP) is 4.95. The van der Waals surface area contributed by atoms with Gasteiger partial charge in [-0.3, -0.25) is 9.69 Å². The van der Waals surface area contributed by atoms with Gasteiger partial charge in [-0.1, -0.05) is 0 Å². The van der Waals surface area contributed by atoms with Crippen molar-refractivity contribution in [2.45, 2.75) is 64.2 Å². The Hall–Kier alpha value is -4.71. The van der Waals surface area contributed by atoms with Gasteiger partial charge < -0.3 is 34.4 Å². The molecule has 0 radical (unpaired) electrons. The molecule has 11 nitrogen and oxygen atoms in total. The molecule has 2 aliphatic rings. The van der Waals surface area contributed by atoms with Crippen LogP contribution in [0.4, 0.5) is 21.6 Å². The van der Waals surface area contributed by atoms with Crippen LogP contribution in [0.5, 0.6) is 11.6 Å². The van der Waals surface area contributed by atoms with Crippen molar-refractivity contribution in [1.82, 2.24) is 19.4 Å². The maximum Gasteiger partial charge on any atom is 0.213 e. The quantitative estimate of drug-likeness (QED) is 0.156. The maximum absolute atomic E-state index is 15.9. The van der Waals surface area contributed by atoms with Crippen LogP contribution in [0.1, 0.15) is 56.2 Å². The Morgan fingerprint density at radius 2 is 2.04 bits per heavy atom. The molecule has 2 aliphatic heterocycles. The van der Waals surface area contributed by atoms with Gasteiger partial charge >= 0.3 is 0 Å². The first kappa shape index (κ1) is 33.2. The number of ether oxygens (including phenoxy) is 2.